The van der Waals surface area contributed by atoms with Gasteiger partial charge >= 0.3 is 5.97 Å². The maximum absolute atomic E-state index is 13.1. The molecule has 0 saturated carbocycles. The van der Waals surface area contributed by atoms with Gasteiger partial charge in [-0.25, -0.2) is 9.37 Å². The summed E-state index contributed by atoms with van der Waals surface area (Å²) in [6.07, 6.45) is 3.33. The molecule has 1 aliphatic heterocycles. The summed E-state index contributed by atoms with van der Waals surface area (Å²) in [6, 6.07) is 10.4. The van der Waals surface area contributed by atoms with E-state index in [0.717, 1.165) is 42.9 Å². The second-order valence-electron chi connectivity index (χ2n) is 5.92. The number of piperidine rings is 1. The molecule has 1 aromatic carbocycles. The van der Waals surface area contributed by atoms with Gasteiger partial charge in [0, 0.05) is 19.3 Å². The Balaban J connectivity index is 1.69. The molecule has 2 aromatic rings. The van der Waals surface area contributed by atoms with Gasteiger partial charge in [0.05, 0.1) is 12.5 Å². The number of ether oxygens (including phenoxy) is 1. The number of carbonyl (C=O) groups excluding carboxylic acids is 1. The highest BCUT2D eigenvalue weighted by Gasteiger charge is 2.26. The van der Waals surface area contributed by atoms with Gasteiger partial charge < -0.3 is 9.64 Å². The van der Waals surface area contributed by atoms with Crippen LogP contribution < -0.4 is 4.90 Å². The zero-order valence-electron chi connectivity index (χ0n) is 13.7. The molecule has 1 aliphatic rings. The van der Waals surface area contributed by atoms with E-state index in [9.17, 15) is 9.18 Å². The molecule has 4 nitrogen and oxygen atoms in total. The molecule has 5 heteroatoms. The van der Waals surface area contributed by atoms with Gasteiger partial charge in [-0.2, -0.15) is 0 Å². The molecule has 0 unspecified atom stereocenters. The molecule has 3 rings (SSSR count). The van der Waals surface area contributed by atoms with Crippen molar-refractivity contribution >= 4 is 11.8 Å². The smallest absolute Gasteiger partial charge is 0.309 e. The van der Waals surface area contributed by atoms with E-state index in [1.54, 1.807) is 18.3 Å². The summed E-state index contributed by atoms with van der Waals surface area (Å²) >= 11 is 0. The Hall–Kier alpha value is -2.43. The molecule has 0 radical (unpaired) electrons. The third kappa shape index (κ3) is 3.72. The van der Waals surface area contributed by atoms with Crippen molar-refractivity contribution in [3.63, 3.8) is 0 Å². The Bertz CT molecular complexity index is 695. The Morgan fingerprint density at radius 1 is 1.21 bits per heavy atom. The third-order valence-corrected chi connectivity index (χ3v) is 4.36. The lowest BCUT2D eigenvalue weighted by atomic mass is 9.97. The van der Waals surface area contributed by atoms with Gasteiger partial charge in [0.2, 0.25) is 0 Å². The van der Waals surface area contributed by atoms with Crippen molar-refractivity contribution < 1.29 is 13.9 Å². The van der Waals surface area contributed by atoms with E-state index in [1.807, 2.05) is 19.1 Å². The van der Waals surface area contributed by atoms with Crippen LogP contribution in [0.4, 0.5) is 10.2 Å². The van der Waals surface area contributed by atoms with Gasteiger partial charge in [-0.1, -0.05) is 12.1 Å². The Morgan fingerprint density at radius 3 is 2.58 bits per heavy atom. The second kappa shape index (κ2) is 7.43. The fourth-order valence-corrected chi connectivity index (χ4v) is 3.02. The molecule has 1 fully saturated rings. The van der Waals surface area contributed by atoms with Crippen LogP contribution in [0.5, 0.6) is 0 Å². The van der Waals surface area contributed by atoms with Crippen molar-refractivity contribution in [3.05, 3.63) is 48.4 Å². The first-order valence-corrected chi connectivity index (χ1v) is 8.31. The molecule has 2 heterocycles. The number of hydrogen-bond acceptors (Lipinski definition) is 4. The zero-order chi connectivity index (χ0) is 16.9. The average Bonchev–Trinajstić information content (AvgIpc) is 2.63. The van der Waals surface area contributed by atoms with E-state index < -0.39 is 0 Å². The first-order chi connectivity index (χ1) is 11.7. The van der Waals surface area contributed by atoms with Crippen LogP contribution in [0.1, 0.15) is 19.8 Å². The lowest BCUT2D eigenvalue weighted by Crippen LogP contribution is -2.37. The summed E-state index contributed by atoms with van der Waals surface area (Å²) in [7, 11) is 0. The molecule has 0 spiro atoms. The van der Waals surface area contributed by atoms with Gasteiger partial charge in [-0.3, -0.25) is 4.79 Å². The van der Waals surface area contributed by atoms with Crippen LogP contribution in [0.2, 0.25) is 0 Å². The number of rotatable bonds is 4. The summed E-state index contributed by atoms with van der Waals surface area (Å²) < 4.78 is 18.2. The summed E-state index contributed by atoms with van der Waals surface area (Å²) in [5.74, 6) is 0.542. The van der Waals surface area contributed by atoms with Crippen LogP contribution in [0.15, 0.2) is 42.6 Å². The first kappa shape index (κ1) is 16.4. The van der Waals surface area contributed by atoms with Crippen LogP contribution in [0.25, 0.3) is 11.1 Å². The van der Waals surface area contributed by atoms with Crippen molar-refractivity contribution in [3.8, 4) is 11.1 Å². The zero-order valence-corrected chi connectivity index (χ0v) is 13.7. The number of benzene rings is 1. The van der Waals surface area contributed by atoms with Crippen molar-refractivity contribution in [2.45, 2.75) is 19.8 Å². The summed E-state index contributed by atoms with van der Waals surface area (Å²) in [6.45, 7) is 3.82. The van der Waals surface area contributed by atoms with Crippen LogP contribution >= 0.6 is 0 Å². The molecule has 0 atom stereocenters. The van der Waals surface area contributed by atoms with E-state index >= 15 is 0 Å². The molecule has 1 aromatic heterocycles. The number of halogens is 1. The van der Waals surface area contributed by atoms with Crippen LogP contribution in [0, 0.1) is 11.7 Å². The molecular formula is C19H21FN2O2. The molecule has 0 aliphatic carbocycles. The van der Waals surface area contributed by atoms with Crippen LogP contribution in [-0.4, -0.2) is 30.6 Å². The van der Waals surface area contributed by atoms with Gasteiger partial charge in [0.1, 0.15) is 11.6 Å². The minimum absolute atomic E-state index is 0.0125. The Labute approximate surface area is 141 Å². The minimum atomic E-state index is -0.242. The van der Waals surface area contributed by atoms with Crippen molar-refractivity contribution in [1.29, 1.82) is 0 Å². The van der Waals surface area contributed by atoms with Gasteiger partial charge in [0.25, 0.3) is 0 Å². The molecule has 0 bridgehead atoms. The van der Waals surface area contributed by atoms with Gasteiger partial charge in [0.15, 0.2) is 0 Å². The van der Waals surface area contributed by atoms with Crippen LogP contribution in [0.3, 0.4) is 0 Å². The molecule has 0 amide bonds. The predicted octanol–water partition coefficient (Wildman–Crippen LogP) is 3.67. The maximum Gasteiger partial charge on any atom is 0.309 e. The highest BCUT2D eigenvalue weighted by molar-refractivity contribution is 5.73. The summed E-state index contributed by atoms with van der Waals surface area (Å²) in [5, 5.41) is 0. The molecular weight excluding hydrogens is 307 g/mol. The fraction of sp³-hybridized carbons (Fsp3) is 0.368. The topological polar surface area (TPSA) is 42.4 Å². The Morgan fingerprint density at radius 2 is 1.92 bits per heavy atom. The number of anilines is 1. The van der Waals surface area contributed by atoms with Gasteiger partial charge in [-0.05, 0) is 55.2 Å². The number of nitrogens with zero attached hydrogens (tertiary/aromatic N) is 2. The number of aromatic nitrogens is 1. The third-order valence-electron chi connectivity index (χ3n) is 4.36. The van der Waals surface area contributed by atoms with Crippen molar-refractivity contribution in [2.75, 3.05) is 24.6 Å². The van der Waals surface area contributed by atoms with E-state index in [0.29, 0.717) is 6.61 Å². The summed E-state index contributed by atoms with van der Waals surface area (Å²) in [5.41, 5.74) is 1.97. The summed E-state index contributed by atoms with van der Waals surface area (Å²) in [4.78, 5) is 18.5. The van der Waals surface area contributed by atoms with Gasteiger partial charge in [-0.15, -0.1) is 0 Å². The number of esters is 1. The van der Waals surface area contributed by atoms with E-state index in [2.05, 4.69) is 9.88 Å². The normalized spacial score (nSPS) is 15.3. The number of carbonyl (C=O) groups is 1. The van der Waals surface area contributed by atoms with E-state index in [4.69, 9.17) is 4.74 Å². The monoisotopic (exact) mass is 328 g/mol. The standard InChI is InChI=1S/C19H21FN2O2/c1-2-24-19(23)15-8-11-22(12-9-15)18-13-16(7-10-21-18)14-3-5-17(20)6-4-14/h3-7,10,13,15H,2,8-9,11-12H2,1H3. The lowest BCUT2D eigenvalue weighted by molar-refractivity contribution is -0.148. The van der Waals surface area contributed by atoms with Crippen LogP contribution in [-0.2, 0) is 9.53 Å². The SMILES string of the molecule is CCOC(=O)C1CCN(c2cc(-c3ccc(F)cc3)ccn2)CC1. The minimum Gasteiger partial charge on any atom is -0.466 e. The van der Waals surface area contributed by atoms with Crippen molar-refractivity contribution in [2.24, 2.45) is 5.92 Å². The maximum atomic E-state index is 13.1. The predicted molar refractivity (Wildman–Crippen MR) is 91.2 cm³/mol. The largest absolute Gasteiger partial charge is 0.466 e. The molecule has 24 heavy (non-hydrogen) atoms. The quantitative estimate of drug-likeness (QED) is 0.803. The number of pyridine rings is 1. The first-order valence-electron chi connectivity index (χ1n) is 8.31. The molecule has 126 valence electrons. The van der Waals surface area contributed by atoms with E-state index in [1.165, 1.54) is 12.1 Å². The van der Waals surface area contributed by atoms with E-state index in [-0.39, 0.29) is 17.7 Å². The second-order valence-corrected chi connectivity index (χ2v) is 5.92. The highest BCUT2D eigenvalue weighted by Crippen LogP contribution is 2.27. The molecule has 1 saturated heterocycles. The lowest BCUT2D eigenvalue weighted by Gasteiger charge is -2.31. The molecule has 0 N–H and O–H groups in total. The fourth-order valence-electron chi connectivity index (χ4n) is 3.02. The Kier molecular flexibility index (Phi) is 5.08. The van der Waals surface area contributed by atoms with Crippen molar-refractivity contribution in [1.82, 2.24) is 4.98 Å². The highest BCUT2D eigenvalue weighted by atomic mass is 19.1. The number of hydrogen-bond donors (Lipinski definition) is 0. The average molecular weight is 328 g/mol.